The SMILES string of the molecule is CC(=O)NCCCCCC(=O)Nc1ccccc1-n1ccc(C(=O)O)n1. The van der Waals surface area contributed by atoms with E-state index in [-0.39, 0.29) is 17.5 Å². The minimum Gasteiger partial charge on any atom is -0.476 e. The Morgan fingerprint density at radius 1 is 1.12 bits per heavy atom. The molecule has 0 atom stereocenters. The van der Waals surface area contributed by atoms with Gasteiger partial charge in [-0.2, -0.15) is 5.10 Å². The van der Waals surface area contributed by atoms with E-state index in [4.69, 9.17) is 5.11 Å². The van der Waals surface area contributed by atoms with Gasteiger partial charge in [-0.25, -0.2) is 9.48 Å². The number of carbonyl (C=O) groups is 3. The topological polar surface area (TPSA) is 113 Å². The predicted molar refractivity (Wildman–Crippen MR) is 96.3 cm³/mol. The van der Waals surface area contributed by atoms with Crippen LogP contribution in [0.3, 0.4) is 0 Å². The zero-order chi connectivity index (χ0) is 18.9. The molecule has 1 heterocycles. The number of carboxylic acid groups (broad SMARTS) is 1. The van der Waals surface area contributed by atoms with Crippen LogP contribution in [-0.2, 0) is 9.59 Å². The molecular weight excluding hydrogens is 336 g/mol. The zero-order valence-corrected chi connectivity index (χ0v) is 14.6. The normalized spacial score (nSPS) is 10.3. The number of para-hydroxylation sites is 2. The van der Waals surface area contributed by atoms with Gasteiger partial charge in [0, 0.05) is 26.1 Å². The van der Waals surface area contributed by atoms with Crippen LogP contribution in [0.5, 0.6) is 0 Å². The molecule has 1 aromatic carbocycles. The Hall–Kier alpha value is -3.16. The van der Waals surface area contributed by atoms with Crippen LogP contribution in [0.15, 0.2) is 36.5 Å². The van der Waals surface area contributed by atoms with Crippen molar-refractivity contribution in [2.45, 2.75) is 32.6 Å². The Labute approximate surface area is 151 Å². The third-order valence-electron chi connectivity index (χ3n) is 3.69. The van der Waals surface area contributed by atoms with Gasteiger partial charge in [0.2, 0.25) is 11.8 Å². The van der Waals surface area contributed by atoms with Crippen LogP contribution in [0.1, 0.15) is 43.1 Å². The average Bonchev–Trinajstić information content (AvgIpc) is 3.08. The molecule has 2 amide bonds. The summed E-state index contributed by atoms with van der Waals surface area (Å²) < 4.78 is 1.42. The van der Waals surface area contributed by atoms with E-state index in [0.717, 1.165) is 19.3 Å². The highest BCUT2D eigenvalue weighted by Gasteiger charge is 2.12. The van der Waals surface area contributed by atoms with Crippen molar-refractivity contribution in [3.63, 3.8) is 0 Å². The molecule has 0 aliphatic carbocycles. The molecule has 0 bridgehead atoms. The molecule has 0 aliphatic heterocycles. The summed E-state index contributed by atoms with van der Waals surface area (Å²) in [6.45, 7) is 2.09. The van der Waals surface area contributed by atoms with Crippen molar-refractivity contribution >= 4 is 23.5 Å². The molecule has 0 unspecified atom stereocenters. The van der Waals surface area contributed by atoms with E-state index in [1.165, 1.54) is 23.9 Å². The number of hydrogen-bond acceptors (Lipinski definition) is 4. The maximum Gasteiger partial charge on any atom is 0.356 e. The molecular formula is C18H22N4O4. The summed E-state index contributed by atoms with van der Waals surface area (Å²) in [5.41, 5.74) is 1.10. The molecule has 0 fully saturated rings. The summed E-state index contributed by atoms with van der Waals surface area (Å²) >= 11 is 0. The first-order valence-corrected chi connectivity index (χ1v) is 8.40. The van der Waals surface area contributed by atoms with E-state index in [2.05, 4.69) is 15.7 Å². The molecule has 0 saturated carbocycles. The number of aromatic carboxylic acids is 1. The highest BCUT2D eigenvalue weighted by molar-refractivity contribution is 5.92. The molecule has 0 spiro atoms. The predicted octanol–water partition coefficient (Wildman–Crippen LogP) is 2.21. The van der Waals surface area contributed by atoms with Gasteiger partial charge in [0.25, 0.3) is 0 Å². The second-order valence-electron chi connectivity index (χ2n) is 5.81. The van der Waals surface area contributed by atoms with Gasteiger partial charge in [-0.15, -0.1) is 0 Å². The summed E-state index contributed by atoms with van der Waals surface area (Å²) in [6.07, 6.45) is 4.30. The van der Waals surface area contributed by atoms with Crippen molar-refractivity contribution in [1.29, 1.82) is 0 Å². The maximum atomic E-state index is 12.1. The zero-order valence-electron chi connectivity index (χ0n) is 14.6. The molecule has 2 rings (SSSR count). The van der Waals surface area contributed by atoms with E-state index < -0.39 is 5.97 Å². The molecule has 3 N–H and O–H groups in total. The Kier molecular flexibility index (Phi) is 6.90. The molecule has 0 aliphatic rings. The molecule has 26 heavy (non-hydrogen) atoms. The van der Waals surface area contributed by atoms with Gasteiger partial charge in [-0.1, -0.05) is 18.6 Å². The largest absolute Gasteiger partial charge is 0.476 e. The Balaban J connectivity index is 1.90. The van der Waals surface area contributed by atoms with Crippen LogP contribution in [-0.4, -0.2) is 39.2 Å². The van der Waals surface area contributed by atoms with E-state index in [9.17, 15) is 14.4 Å². The number of anilines is 1. The van der Waals surface area contributed by atoms with E-state index >= 15 is 0 Å². The fraction of sp³-hybridized carbons (Fsp3) is 0.333. The molecule has 0 saturated heterocycles. The summed E-state index contributed by atoms with van der Waals surface area (Å²) in [7, 11) is 0. The van der Waals surface area contributed by atoms with Crippen molar-refractivity contribution in [2.75, 3.05) is 11.9 Å². The number of hydrogen-bond donors (Lipinski definition) is 3. The lowest BCUT2D eigenvalue weighted by Gasteiger charge is -2.11. The molecule has 8 heteroatoms. The first-order valence-electron chi connectivity index (χ1n) is 8.40. The van der Waals surface area contributed by atoms with Crippen molar-refractivity contribution in [2.24, 2.45) is 0 Å². The number of rotatable bonds is 9. The first kappa shape index (κ1) is 19.2. The molecule has 2 aromatic rings. The highest BCUT2D eigenvalue weighted by atomic mass is 16.4. The monoisotopic (exact) mass is 358 g/mol. The third-order valence-corrected chi connectivity index (χ3v) is 3.69. The van der Waals surface area contributed by atoms with Crippen molar-refractivity contribution in [3.05, 3.63) is 42.2 Å². The smallest absolute Gasteiger partial charge is 0.356 e. The highest BCUT2D eigenvalue weighted by Crippen LogP contribution is 2.20. The number of unbranched alkanes of at least 4 members (excludes halogenated alkanes) is 2. The fourth-order valence-corrected chi connectivity index (χ4v) is 2.42. The van der Waals surface area contributed by atoms with E-state index in [1.807, 2.05) is 0 Å². The van der Waals surface area contributed by atoms with Crippen LogP contribution < -0.4 is 10.6 Å². The standard InChI is InChI=1S/C18H22N4O4/c1-13(23)19-11-6-2-3-9-17(24)20-14-7-4-5-8-16(14)22-12-10-15(21-22)18(25)26/h4-5,7-8,10,12H,2-3,6,9,11H2,1H3,(H,19,23)(H,20,24)(H,25,26). The van der Waals surface area contributed by atoms with Gasteiger partial charge in [0.1, 0.15) is 0 Å². The quantitative estimate of drug-likeness (QED) is 0.595. The number of nitrogens with one attached hydrogen (secondary N) is 2. The summed E-state index contributed by atoms with van der Waals surface area (Å²) in [5, 5.41) is 18.5. The van der Waals surface area contributed by atoms with Crippen molar-refractivity contribution < 1.29 is 19.5 Å². The second-order valence-corrected chi connectivity index (χ2v) is 5.81. The van der Waals surface area contributed by atoms with Crippen LogP contribution in [0.2, 0.25) is 0 Å². The number of carboxylic acids is 1. The summed E-state index contributed by atoms with van der Waals surface area (Å²) in [5.74, 6) is -1.28. The number of carbonyl (C=O) groups excluding carboxylic acids is 2. The Bertz CT molecular complexity index is 785. The molecule has 138 valence electrons. The Morgan fingerprint density at radius 3 is 2.58 bits per heavy atom. The van der Waals surface area contributed by atoms with Crippen molar-refractivity contribution in [3.8, 4) is 5.69 Å². The number of amides is 2. The van der Waals surface area contributed by atoms with Gasteiger partial charge in [-0.05, 0) is 31.0 Å². The lowest BCUT2D eigenvalue weighted by molar-refractivity contribution is -0.119. The third kappa shape index (κ3) is 5.73. The van der Waals surface area contributed by atoms with Crippen LogP contribution in [0, 0.1) is 0 Å². The van der Waals surface area contributed by atoms with Crippen LogP contribution in [0.4, 0.5) is 5.69 Å². The van der Waals surface area contributed by atoms with Gasteiger partial charge >= 0.3 is 5.97 Å². The van der Waals surface area contributed by atoms with Crippen molar-refractivity contribution in [1.82, 2.24) is 15.1 Å². The fourth-order valence-electron chi connectivity index (χ4n) is 2.42. The number of nitrogens with zero attached hydrogens (tertiary/aromatic N) is 2. The lowest BCUT2D eigenvalue weighted by atomic mass is 10.2. The second kappa shape index (κ2) is 9.36. The first-order chi connectivity index (χ1) is 12.5. The minimum absolute atomic E-state index is 0.0518. The number of aromatic nitrogens is 2. The van der Waals surface area contributed by atoms with Crippen LogP contribution in [0.25, 0.3) is 5.69 Å². The minimum atomic E-state index is -1.11. The Morgan fingerprint density at radius 2 is 1.88 bits per heavy atom. The molecule has 1 aromatic heterocycles. The number of benzene rings is 1. The molecule has 8 nitrogen and oxygen atoms in total. The average molecular weight is 358 g/mol. The molecule has 0 radical (unpaired) electrons. The van der Waals surface area contributed by atoms with E-state index in [1.54, 1.807) is 24.3 Å². The van der Waals surface area contributed by atoms with Crippen LogP contribution >= 0.6 is 0 Å². The van der Waals surface area contributed by atoms with E-state index in [0.29, 0.717) is 24.3 Å². The van der Waals surface area contributed by atoms with Gasteiger partial charge in [0.05, 0.1) is 11.4 Å². The van der Waals surface area contributed by atoms with Gasteiger partial charge in [0.15, 0.2) is 5.69 Å². The summed E-state index contributed by atoms with van der Waals surface area (Å²) in [6, 6.07) is 8.47. The maximum absolute atomic E-state index is 12.1. The van der Waals surface area contributed by atoms with Gasteiger partial charge in [-0.3, -0.25) is 9.59 Å². The van der Waals surface area contributed by atoms with Gasteiger partial charge < -0.3 is 15.7 Å². The summed E-state index contributed by atoms with van der Waals surface area (Å²) in [4.78, 5) is 33.9. The lowest BCUT2D eigenvalue weighted by Crippen LogP contribution is -2.20.